The molecule has 1 unspecified atom stereocenters. The van der Waals surface area contributed by atoms with Gasteiger partial charge in [0.2, 0.25) is 5.91 Å². The lowest BCUT2D eigenvalue weighted by atomic mass is 10.2. The van der Waals surface area contributed by atoms with E-state index in [9.17, 15) is 9.59 Å². The molecule has 0 aliphatic carbocycles. The zero-order chi connectivity index (χ0) is 11.2. The van der Waals surface area contributed by atoms with E-state index in [1.807, 2.05) is 21.1 Å². The fraction of sp³-hybridized carbons (Fsp3) is 0.667. The Bertz CT molecular complexity index is 199. The molecule has 1 radical (unpaired) electrons. The van der Waals surface area contributed by atoms with Gasteiger partial charge in [-0.05, 0) is 0 Å². The van der Waals surface area contributed by atoms with Gasteiger partial charge in [-0.3, -0.25) is 4.79 Å². The van der Waals surface area contributed by atoms with Crippen molar-refractivity contribution in [3.8, 4) is 0 Å². The molecule has 0 aliphatic rings. The molecule has 0 aromatic heterocycles. The lowest BCUT2D eigenvalue weighted by Crippen LogP contribution is -2.39. The van der Waals surface area contributed by atoms with E-state index >= 15 is 0 Å². The SMILES string of the molecule is C[N+](C)(C)C[CH]NC(=O)CC(O)C=O. The monoisotopic (exact) mass is 202 g/mol. The molecule has 0 heterocycles. The highest BCUT2D eigenvalue weighted by molar-refractivity contribution is 5.80. The van der Waals surface area contributed by atoms with Crippen molar-refractivity contribution in [3.63, 3.8) is 0 Å². The summed E-state index contributed by atoms with van der Waals surface area (Å²) in [5.41, 5.74) is 0. The Balaban J connectivity index is 3.60. The molecule has 1 amide bonds. The molecule has 0 aliphatic heterocycles. The summed E-state index contributed by atoms with van der Waals surface area (Å²) in [6, 6.07) is 0. The van der Waals surface area contributed by atoms with Gasteiger partial charge in [0.15, 0.2) is 0 Å². The number of nitrogens with zero attached hydrogens (tertiary/aromatic N) is 1. The van der Waals surface area contributed by atoms with Crippen molar-refractivity contribution >= 4 is 12.2 Å². The number of nitrogens with one attached hydrogen (secondary N) is 1. The third kappa shape index (κ3) is 7.70. The summed E-state index contributed by atoms with van der Waals surface area (Å²) in [6.45, 7) is 2.31. The second-order valence-corrected chi connectivity index (χ2v) is 4.15. The van der Waals surface area contributed by atoms with Crippen molar-refractivity contribution in [2.45, 2.75) is 12.5 Å². The normalized spacial score (nSPS) is 13.4. The average molecular weight is 202 g/mol. The minimum Gasteiger partial charge on any atom is -0.385 e. The van der Waals surface area contributed by atoms with Crippen molar-refractivity contribution in [2.75, 3.05) is 27.7 Å². The van der Waals surface area contributed by atoms with Gasteiger partial charge in [0, 0.05) is 0 Å². The maximum absolute atomic E-state index is 11.0. The molecule has 5 heteroatoms. The molecule has 5 nitrogen and oxygen atoms in total. The fourth-order valence-electron chi connectivity index (χ4n) is 0.730. The van der Waals surface area contributed by atoms with Crippen LogP contribution < -0.4 is 5.32 Å². The molecule has 81 valence electrons. The van der Waals surface area contributed by atoms with Gasteiger partial charge in [0.05, 0.1) is 27.6 Å². The quantitative estimate of drug-likeness (QED) is 0.425. The number of amides is 1. The molecular weight excluding hydrogens is 184 g/mol. The second kappa shape index (κ2) is 5.72. The molecule has 0 aromatic carbocycles. The Kier molecular flexibility index (Phi) is 5.34. The number of quaternary nitrogens is 1. The van der Waals surface area contributed by atoms with Crippen LogP contribution in [0.3, 0.4) is 0 Å². The van der Waals surface area contributed by atoms with E-state index in [1.165, 1.54) is 0 Å². The van der Waals surface area contributed by atoms with Crippen molar-refractivity contribution in [3.05, 3.63) is 6.54 Å². The van der Waals surface area contributed by atoms with Crippen LogP contribution in [0.4, 0.5) is 0 Å². The van der Waals surface area contributed by atoms with Crippen molar-refractivity contribution in [1.82, 2.24) is 5.32 Å². The molecule has 0 rings (SSSR count). The van der Waals surface area contributed by atoms with E-state index in [-0.39, 0.29) is 12.3 Å². The number of likely N-dealkylation sites (N-methyl/N-ethyl adjacent to an activating group) is 1. The zero-order valence-corrected chi connectivity index (χ0v) is 8.86. The van der Waals surface area contributed by atoms with Gasteiger partial charge < -0.3 is 19.7 Å². The zero-order valence-electron chi connectivity index (χ0n) is 8.86. The smallest absolute Gasteiger partial charge is 0.223 e. The molecular formula is C9H18N2O3+. The molecule has 2 N–H and O–H groups in total. The summed E-state index contributed by atoms with van der Waals surface area (Å²) in [4.78, 5) is 21.1. The molecule has 0 bridgehead atoms. The first-order chi connectivity index (χ1) is 6.35. The number of hydrogen-bond acceptors (Lipinski definition) is 3. The largest absolute Gasteiger partial charge is 0.385 e. The Morgan fingerprint density at radius 1 is 1.50 bits per heavy atom. The third-order valence-electron chi connectivity index (χ3n) is 1.45. The van der Waals surface area contributed by atoms with Gasteiger partial charge in [0.25, 0.3) is 0 Å². The van der Waals surface area contributed by atoms with Crippen LogP contribution in [-0.2, 0) is 9.59 Å². The van der Waals surface area contributed by atoms with Gasteiger partial charge in [-0.15, -0.1) is 0 Å². The van der Waals surface area contributed by atoms with E-state index < -0.39 is 6.10 Å². The summed E-state index contributed by atoms with van der Waals surface area (Å²) in [7, 11) is 5.97. The van der Waals surface area contributed by atoms with E-state index in [2.05, 4.69) is 5.32 Å². The summed E-state index contributed by atoms with van der Waals surface area (Å²) >= 11 is 0. The van der Waals surface area contributed by atoms with Gasteiger partial charge in [-0.2, -0.15) is 0 Å². The number of carbonyl (C=O) groups is 2. The van der Waals surface area contributed by atoms with Crippen molar-refractivity contribution < 1.29 is 19.2 Å². The number of aliphatic hydroxyl groups excluding tert-OH is 1. The number of hydrogen-bond donors (Lipinski definition) is 2. The highest BCUT2D eigenvalue weighted by Crippen LogP contribution is 1.92. The standard InChI is InChI=1S/C9H18N2O3/c1-11(2,3)5-4-10-9(14)6-8(13)7-12/h4,7-8,13H,5-6H2,1-3H3,(H,10,14)/q+1. The second-order valence-electron chi connectivity index (χ2n) is 4.15. The number of aliphatic hydroxyl groups is 1. The number of aldehydes is 1. The Morgan fingerprint density at radius 2 is 2.07 bits per heavy atom. The molecule has 0 saturated heterocycles. The highest BCUT2D eigenvalue weighted by Gasteiger charge is 2.11. The average Bonchev–Trinajstić information content (AvgIpc) is 2.01. The molecule has 14 heavy (non-hydrogen) atoms. The van der Waals surface area contributed by atoms with Crippen LogP contribution in [0, 0.1) is 6.54 Å². The summed E-state index contributed by atoms with van der Waals surface area (Å²) in [5, 5.41) is 11.3. The minimum atomic E-state index is -1.20. The van der Waals surface area contributed by atoms with Crippen LogP contribution in [0.25, 0.3) is 0 Å². The van der Waals surface area contributed by atoms with E-state index in [0.717, 1.165) is 0 Å². The molecule has 0 spiro atoms. The Hall–Kier alpha value is -0.940. The minimum absolute atomic E-state index is 0.183. The van der Waals surface area contributed by atoms with Gasteiger partial charge in [-0.25, -0.2) is 0 Å². The van der Waals surface area contributed by atoms with Crippen LogP contribution in [-0.4, -0.2) is 55.6 Å². The van der Waals surface area contributed by atoms with Crippen molar-refractivity contribution in [1.29, 1.82) is 0 Å². The van der Waals surface area contributed by atoms with Crippen molar-refractivity contribution in [2.24, 2.45) is 0 Å². The highest BCUT2D eigenvalue weighted by atomic mass is 16.3. The number of carbonyl (C=O) groups excluding carboxylic acids is 2. The summed E-state index contributed by atoms with van der Waals surface area (Å²) < 4.78 is 0.705. The maximum atomic E-state index is 11.0. The van der Waals surface area contributed by atoms with Gasteiger partial charge in [0.1, 0.15) is 25.5 Å². The van der Waals surface area contributed by atoms with Crippen LogP contribution in [0.1, 0.15) is 6.42 Å². The van der Waals surface area contributed by atoms with Crippen LogP contribution in [0.2, 0.25) is 0 Å². The fourth-order valence-corrected chi connectivity index (χ4v) is 0.730. The summed E-state index contributed by atoms with van der Waals surface area (Å²) in [6.07, 6.45) is -1.04. The first-order valence-corrected chi connectivity index (χ1v) is 4.40. The van der Waals surface area contributed by atoms with E-state index in [0.29, 0.717) is 17.3 Å². The predicted octanol–water partition coefficient (Wildman–Crippen LogP) is -1.08. The Morgan fingerprint density at radius 3 is 2.50 bits per heavy atom. The molecule has 0 saturated carbocycles. The lowest BCUT2D eigenvalue weighted by molar-refractivity contribution is -0.866. The first kappa shape index (κ1) is 13.1. The van der Waals surface area contributed by atoms with Crippen LogP contribution in [0.15, 0.2) is 0 Å². The lowest BCUT2D eigenvalue weighted by Gasteiger charge is -2.23. The third-order valence-corrected chi connectivity index (χ3v) is 1.45. The maximum Gasteiger partial charge on any atom is 0.223 e. The van der Waals surface area contributed by atoms with Gasteiger partial charge >= 0.3 is 0 Å². The molecule has 0 fully saturated rings. The summed E-state index contributed by atoms with van der Waals surface area (Å²) in [5.74, 6) is -0.349. The van der Waals surface area contributed by atoms with Crippen LogP contribution >= 0.6 is 0 Å². The van der Waals surface area contributed by atoms with E-state index in [4.69, 9.17) is 5.11 Å². The number of rotatable bonds is 6. The molecule has 1 atom stereocenters. The first-order valence-electron chi connectivity index (χ1n) is 4.40. The predicted molar refractivity (Wildman–Crippen MR) is 52.0 cm³/mol. The van der Waals surface area contributed by atoms with Gasteiger partial charge in [-0.1, -0.05) is 0 Å². The van der Waals surface area contributed by atoms with E-state index in [1.54, 1.807) is 6.54 Å². The van der Waals surface area contributed by atoms with Crippen LogP contribution in [0.5, 0.6) is 0 Å². The topological polar surface area (TPSA) is 66.4 Å². The molecule has 0 aromatic rings. The Labute approximate surface area is 84.3 Å².